The van der Waals surface area contributed by atoms with Crippen LogP contribution < -0.4 is 14.6 Å². The van der Waals surface area contributed by atoms with Gasteiger partial charge in [0, 0.05) is 34.8 Å². The lowest BCUT2D eigenvalue weighted by Gasteiger charge is -2.15. The summed E-state index contributed by atoms with van der Waals surface area (Å²) >= 11 is 1.37. The van der Waals surface area contributed by atoms with Crippen molar-refractivity contribution in [3.63, 3.8) is 0 Å². The summed E-state index contributed by atoms with van der Waals surface area (Å²) < 4.78 is 33.7. The number of carbonyl (C=O) groups excluding carboxylic acids is 1. The van der Waals surface area contributed by atoms with Crippen LogP contribution in [0.1, 0.15) is 15.2 Å². The van der Waals surface area contributed by atoms with Gasteiger partial charge in [-0.25, -0.2) is 13.6 Å². The Bertz CT molecular complexity index is 888. The smallest absolute Gasteiger partial charge is 0.264 e. The molecular weight excluding hydrogens is 340 g/mol. The Hall–Kier alpha value is -1.84. The Balaban J connectivity index is 1.97. The molecule has 2 heterocycles. The van der Waals surface area contributed by atoms with Crippen LogP contribution in [0.3, 0.4) is 0 Å². The molecule has 0 saturated carbocycles. The van der Waals surface area contributed by atoms with Crippen molar-refractivity contribution in [2.24, 2.45) is 5.14 Å². The maximum absolute atomic E-state index is 12.4. The van der Waals surface area contributed by atoms with Gasteiger partial charge in [-0.3, -0.25) is 4.79 Å². The number of amides is 1. The number of sulfonamides is 1. The molecule has 0 bridgehead atoms. The van der Waals surface area contributed by atoms with Crippen LogP contribution >= 0.6 is 11.3 Å². The Morgan fingerprint density at radius 2 is 1.91 bits per heavy atom. The molecule has 1 aromatic heterocycles. The third kappa shape index (κ3) is 2.87. The van der Waals surface area contributed by atoms with Gasteiger partial charge in [-0.05, 0) is 6.07 Å². The minimum atomic E-state index is -3.59. The number of fused-ring (bicyclic) bond motifs is 3. The first-order valence-electron chi connectivity index (χ1n) is 6.81. The molecule has 1 aliphatic rings. The SMILES string of the molecule is COc1cc2sc3c(c2cc1OC)CN(CCS(N)(=O)=O)C3=O. The first kappa shape index (κ1) is 16.0. The summed E-state index contributed by atoms with van der Waals surface area (Å²) in [5.41, 5.74) is 0.894. The molecule has 0 aliphatic carbocycles. The zero-order valence-corrected chi connectivity index (χ0v) is 14.3. The van der Waals surface area contributed by atoms with Crippen molar-refractivity contribution in [3.05, 3.63) is 22.6 Å². The highest BCUT2D eigenvalue weighted by Crippen LogP contribution is 2.42. The van der Waals surface area contributed by atoms with E-state index in [0.29, 0.717) is 22.9 Å². The molecule has 0 atom stereocenters. The van der Waals surface area contributed by atoms with E-state index in [1.165, 1.54) is 16.2 Å². The van der Waals surface area contributed by atoms with Crippen LogP contribution in [0.25, 0.3) is 10.1 Å². The maximum Gasteiger partial charge on any atom is 0.264 e. The van der Waals surface area contributed by atoms with Gasteiger partial charge in [0.1, 0.15) is 0 Å². The third-order valence-electron chi connectivity index (χ3n) is 3.77. The number of methoxy groups -OCH3 is 2. The summed E-state index contributed by atoms with van der Waals surface area (Å²) in [4.78, 5) is 14.6. The zero-order chi connectivity index (χ0) is 16.8. The number of thiophene rings is 1. The van der Waals surface area contributed by atoms with E-state index in [-0.39, 0.29) is 18.2 Å². The van der Waals surface area contributed by atoms with Gasteiger partial charge in [0.05, 0.1) is 24.8 Å². The Kier molecular flexibility index (Phi) is 3.95. The van der Waals surface area contributed by atoms with E-state index in [0.717, 1.165) is 15.6 Å². The van der Waals surface area contributed by atoms with Crippen molar-refractivity contribution in [2.75, 3.05) is 26.5 Å². The number of benzene rings is 1. The van der Waals surface area contributed by atoms with Crippen LogP contribution in [0.5, 0.6) is 11.5 Å². The van der Waals surface area contributed by atoms with Crippen LogP contribution in [0.15, 0.2) is 12.1 Å². The van der Waals surface area contributed by atoms with E-state index in [1.807, 2.05) is 12.1 Å². The second kappa shape index (κ2) is 5.66. The molecule has 0 spiro atoms. The van der Waals surface area contributed by atoms with E-state index < -0.39 is 10.0 Å². The average molecular weight is 356 g/mol. The highest BCUT2D eigenvalue weighted by Gasteiger charge is 2.32. The van der Waals surface area contributed by atoms with Crippen LogP contribution in [0, 0.1) is 0 Å². The molecular formula is C14H16N2O5S2. The molecule has 9 heteroatoms. The molecule has 3 rings (SSSR count). The van der Waals surface area contributed by atoms with Gasteiger partial charge in [-0.15, -0.1) is 11.3 Å². The number of ether oxygens (including phenoxy) is 2. The Morgan fingerprint density at radius 3 is 2.52 bits per heavy atom. The van der Waals surface area contributed by atoms with E-state index in [4.69, 9.17) is 14.6 Å². The number of hydrogen-bond acceptors (Lipinski definition) is 6. The number of primary sulfonamides is 1. The van der Waals surface area contributed by atoms with Crippen LogP contribution in [-0.2, 0) is 16.6 Å². The Labute approximate surface area is 137 Å². The topological polar surface area (TPSA) is 98.9 Å². The van der Waals surface area contributed by atoms with Gasteiger partial charge in [0.15, 0.2) is 11.5 Å². The molecule has 0 saturated heterocycles. The van der Waals surface area contributed by atoms with Crippen molar-refractivity contribution in [1.29, 1.82) is 0 Å². The van der Waals surface area contributed by atoms with Crippen molar-refractivity contribution < 1.29 is 22.7 Å². The standard InChI is InChI=1S/C14H16N2O5S2/c1-20-10-5-8-9-7-16(3-4-23(15,18)19)14(17)13(9)22-12(8)6-11(10)21-2/h5-6H,3-4,7H2,1-2H3,(H2,15,18,19). The fourth-order valence-electron chi connectivity index (χ4n) is 2.63. The first-order valence-corrected chi connectivity index (χ1v) is 9.34. The number of nitrogens with zero attached hydrogens (tertiary/aromatic N) is 1. The number of nitrogens with two attached hydrogens (primary N) is 1. The largest absolute Gasteiger partial charge is 0.493 e. The summed E-state index contributed by atoms with van der Waals surface area (Å²) in [6, 6.07) is 3.69. The molecule has 0 radical (unpaired) electrons. The van der Waals surface area contributed by atoms with Gasteiger partial charge < -0.3 is 14.4 Å². The average Bonchev–Trinajstić information content (AvgIpc) is 2.99. The summed E-state index contributed by atoms with van der Waals surface area (Å²) in [7, 11) is -0.479. The predicted octanol–water partition coefficient (Wildman–Crippen LogP) is 1.16. The van der Waals surface area contributed by atoms with E-state index in [9.17, 15) is 13.2 Å². The monoisotopic (exact) mass is 356 g/mol. The summed E-state index contributed by atoms with van der Waals surface area (Å²) in [6.45, 7) is 0.465. The quantitative estimate of drug-likeness (QED) is 0.867. The van der Waals surface area contributed by atoms with Gasteiger partial charge in [0.25, 0.3) is 5.91 Å². The van der Waals surface area contributed by atoms with Crippen LogP contribution in [0.4, 0.5) is 0 Å². The summed E-state index contributed by atoms with van der Waals surface area (Å²) in [5, 5.41) is 5.93. The van der Waals surface area contributed by atoms with E-state index in [2.05, 4.69) is 0 Å². The van der Waals surface area contributed by atoms with Gasteiger partial charge in [-0.1, -0.05) is 0 Å². The molecule has 0 fully saturated rings. The molecule has 2 N–H and O–H groups in total. The maximum atomic E-state index is 12.4. The number of hydrogen-bond donors (Lipinski definition) is 1. The number of rotatable bonds is 5. The summed E-state index contributed by atoms with van der Waals surface area (Å²) in [6.07, 6.45) is 0. The molecule has 1 aromatic carbocycles. The minimum absolute atomic E-state index is 0.0911. The highest BCUT2D eigenvalue weighted by atomic mass is 32.2. The summed E-state index contributed by atoms with van der Waals surface area (Å²) in [5.74, 6) is 0.792. The van der Waals surface area contributed by atoms with Crippen molar-refractivity contribution in [3.8, 4) is 11.5 Å². The number of carbonyl (C=O) groups is 1. The second-order valence-electron chi connectivity index (χ2n) is 5.21. The fourth-order valence-corrected chi connectivity index (χ4v) is 4.30. The third-order valence-corrected chi connectivity index (χ3v) is 5.71. The van der Waals surface area contributed by atoms with Crippen molar-refractivity contribution >= 4 is 37.4 Å². The minimum Gasteiger partial charge on any atom is -0.493 e. The molecule has 1 amide bonds. The van der Waals surface area contributed by atoms with Crippen LogP contribution in [-0.4, -0.2) is 45.7 Å². The molecule has 124 valence electrons. The fraction of sp³-hybridized carbons (Fsp3) is 0.357. The van der Waals surface area contributed by atoms with Gasteiger partial charge in [0.2, 0.25) is 10.0 Å². The lowest BCUT2D eigenvalue weighted by Crippen LogP contribution is -2.32. The molecule has 1 aliphatic heterocycles. The van der Waals surface area contributed by atoms with Gasteiger partial charge in [-0.2, -0.15) is 0 Å². The Morgan fingerprint density at radius 1 is 1.26 bits per heavy atom. The lowest BCUT2D eigenvalue weighted by atomic mass is 10.1. The molecule has 2 aromatic rings. The highest BCUT2D eigenvalue weighted by molar-refractivity contribution is 7.89. The zero-order valence-electron chi connectivity index (χ0n) is 12.7. The first-order chi connectivity index (χ1) is 10.8. The van der Waals surface area contributed by atoms with E-state index >= 15 is 0 Å². The van der Waals surface area contributed by atoms with E-state index in [1.54, 1.807) is 14.2 Å². The van der Waals surface area contributed by atoms with Gasteiger partial charge >= 0.3 is 0 Å². The normalized spacial score (nSPS) is 14.4. The molecule has 23 heavy (non-hydrogen) atoms. The predicted molar refractivity (Wildman–Crippen MR) is 87.6 cm³/mol. The van der Waals surface area contributed by atoms with Crippen LogP contribution in [0.2, 0.25) is 0 Å². The second-order valence-corrected chi connectivity index (χ2v) is 7.99. The lowest BCUT2D eigenvalue weighted by molar-refractivity contribution is 0.0791. The molecule has 0 unspecified atom stereocenters. The van der Waals surface area contributed by atoms with Crippen molar-refractivity contribution in [1.82, 2.24) is 4.90 Å². The molecule has 7 nitrogen and oxygen atoms in total. The van der Waals surface area contributed by atoms with Crippen molar-refractivity contribution in [2.45, 2.75) is 6.54 Å².